The molecule has 0 unspecified atom stereocenters. The first-order valence-corrected chi connectivity index (χ1v) is 5.69. The third-order valence-electron chi connectivity index (χ3n) is 1.10. The van der Waals surface area contributed by atoms with E-state index >= 15 is 0 Å². The Labute approximate surface area is 79.5 Å². The van der Waals surface area contributed by atoms with Gasteiger partial charge in [-0.25, -0.2) is 0 Å². The summed E-state index contributed by atoms with van der Waals surface area (Å²) in [7, 11) is 0. The second kappa shape index (κ2) is 4.95. The number of nitrogens with zero attached hydrogens (tertiary/aromatic N) is 2. The van der Waals surface area contributed by atoms with Crippen molar-refractivity contribution in [1.82, 2.24) is 9.59 Å². The summed E-state index contributed by atoms with van der Waals surface area (Å²) in [5.41, 5.74) is 0.926. The van der Waals surface area contributed by atoms with Crippen LogP contribution in [0.4, 0.5) is 0 Å². The van der Waals surface area contributed by atoms with Gasteiger partial charge in [0, 0.05) is 17.3 Å². The highest BCUT2D eigenvalue weighted by Crippen LogP contribution is 2.21. The van der Waals surface area contributed by atoms with Crippen molar-refractivity contribution in [1.29, 1.82) is 0 Å². The molecule has 0 atom stereocenters. The van der Waals surface area contributed by atoms with E-state index in [0.717, 1.165) is 21.5 Å². The van der Waals surface area contributed by atoms with E-state index in [9.17, 15) is 0 Å². The minimum atomic E-state index is 0.730. The fourth-order valence-electron chi connectivity index (χ4n) is 0.596. The number of hydrogen-bond acceptors (Lipinski definition) is 4. The van der Waals surface area contributed by atoms with Gasteiger partial charge < -0.3 is 0 Å². The summed E-state index contributed by atoms with van der Waals surface area (Å²) < 4.78 is 4.48. The Morgan fingerprint density at radius 2 is 2.45 bits per heavy atom. The predicted octanol–water partition coefficient (Wildman–Crippen LogP) is 2.83. The van der Waals surface area contributed by atoms with Gasteiger partial charge in [-0.15, -0.1) is 5.10 Å². The summed E-state index contributed by atoms with van der Waals surface area (Å²) in [5.74, 6) is 2.05. The normalized spacial score (nSPS) is 10.4. The van der Waals surface area contributed by atoms with Gasteiger partial charge >= 0.3 is 0 Å². The maximum Gasteiger partial charge on any atom is 0.138 e. The Morgan fingerprint density at radius 3 is 3.00 bits per heavy atom. The van der Waals surface area contributed by atoms with Crippen LogP contribution >= 0.6 is 34.9 Å². The van der Waals surface area contributed by atoms with Crippen molar-refractivity contribution in [2.75, 3.05) is 5.75 Å². The monoisotopic (exact) mass is 208 g/mol. The Balaban J connectivity index is 2.32. The predicted molar refractivity (Wildman–Crippen MR) is 51.4 cm³/mol. The van der Waals surface area contributed by atoms with Gasteiger partial charge in [-0.1, -0.05) is 23.0 Å². The number of aromatic nitrogens is 2. The van der Waals surface area contributed by atoms with Gasteiger partial charge in [-0.3, -0.25) is 0 Å². The molecule has 0 aliphatic heterocycles. The van der Waals surface area contributed by atoms with E-state index in [2.05, 4.69) is 16.5 Å². The van der Waals surface area contributed by atoms with Crippen LogP contribution in [-0.2, 0) is 5.75 Å². The van der Waals surface area contributed by atoms with Crippen LogP contribution in [0.3, 0.4) is 0 Å². The number of rotatable bonds is 4. The molecule has 2 nitrogen and oxygen atoms in total. The SMILES string of the molecule is CCCSCc1nnsc1Cl. The molecule has 1 aromatic rings. The van der Waals surface area contributed by atoms with Crippen molar-refractivity contribution in [3.8, 4) is 0 Å². The largest absolute Gasteiger partial charge is 0.155 e. The average molecular weight is 209 g/mol. The first kappa shape index (κ1) is 9.29. The van der Waals surface area contributed by atoms with Gasteiger partial charge in [0.15, 0.2) is 0 Å². The summed E-state index contributed by atoms with van der Waals surface area (Å²) in [6.07, 6.45) is 1.19. The first-order chi connectivity index (χ1) is 5.34. The zero-order valence-electron chi connectivity index (χ0n) is 6.21. The second-order valence-corrected chi connectivity index (χ2v) is 4.51. The van der Waals surface area contributed by atoms with E-state index in [1.165, 1.54) is 18.0 Å². The molecule has 0 aromatic carbocycles. The number of hydrogen-bond donors (Lipinski definition) is 0. The zero-order valence-corrected chi connectivity index (χ0v) is 8.60. The smallest absolute Gasteiger partial charge is 0.138 e. The van der Waals surface area contributed by atoms with E-state index < -0.39 is 0 Å². The highest BCUT2D eigenvalue weighted by atomic mass is 35.5. The maximum atomic E-state index is 5.80. The van der Waals surface area contributed by atoms with Crippen LogP contribution in [0.1, 0.15) is 19.0 Å². The molecule has 0 saturated carbocycles. The molecule has 0 aliphatic carbocycles. The maximum absolute atomic E-state index is 5.80. The van der Waals surface area contributed by atoms with Crippen LogP contribution in [0.15, 0.2) is 0 Å². The molecule has 0 bridgehead atoms. The lowest BCUT2D eigenvalue weighted by Gasteiger charge is -1.94. The van der Waals surface area contributed by atoms with Crippen molar-refractivity contribution in [3.63, 3.8) is 0 Å². The van der Waals surface area contributed by atoms with Gasteiger partial charge in [-0.05, 0) is 12.2 Å². The van der Waals surface area contributed by atoms with Gasteiger partial charge in [0.2, 0.25) is 0 Å². The molecule has 0 radical (unpaired) electrons. The number of thioether (sulfide) groups is 1. The van der Waals surface area contributed by atoms with Crippen molar-refractivity contribution in [2.24, 2.45) is 0 Å². The molecule has 1 heterocycles. The Hall–Kier alpha value is 0.200. The van der Waals surface area contributed by atoms with Crippen LogP contribution < -0.4 is 0 Å². The summed E-state index contributed by atoms with van der Waals surface area (Å²) in [4.78, 5) is 0. The summed E-state index contributed by atoms with van der Waals surface area (Å²) in [6.45, 7) is 2.16. The van der Waals surface area contributed by atoms with Crippen LogP contribution in [0, 0.1) is 0 Å². The van der Waals surface area contributed by atoms with Crippen molar-refractivity contribution in [2.45, 2.75) is 19.1 Å². The quantitative estimate of drug-likeness (QED) is 0.712. The molecule has 0 N–H and O–H groups in total. The molecule has 0 aliphatic rings. The van der Waals surface area contributed by atoms with Crippen LogP contribution in [0.5, 0.6) is 0 Å². The Kier molecular flexibility index (Phi) is 4.18. The van der Waals surface area contributed by atoms with Gasteiger partial charge in [0.25, 0.3) is 0 Å². The summed E-state index contributed by atoms with van der Waals surface area (Å²) >= 11 is 8.90. The van der Waals surface area contributed by atoms with Crippen molar-refractivity contribution >= 4 is 34.9 Å². The van der Waals surface area contributed by atoms with Crippen LogP contribution in [-0.4, -0.2) is 15.3 Å². The minimum Gasteiger partial charge on any atom is -0.155 e. The summed E-state index contributed by atoms with van der Waals surface area (Å²) in [5, 5.41) is 3.90. The van der Waals surface area contributed by atoms with Crippen molar-refractivity contribution in [3.05, 3.63) is 10.0 Å². The molecule has 11 heavy (non-hydrogen) atoms. The molecule has 5 heteroatoms. The van der Waals surface area contributed by atoms with Gasteiger partial charge in [-0.2, -0.15) is 11.8 Å². The minimum absolute atomic E-state index is 0.730. The third-order valence-corrected chi connectivity index (χ3v) is 3.26. The zero-order chi connectivity index (χ0) is 8.10. The molecule has 0 saturated heterocycles. The molecule has 1 aromatic heterocycles. The lowest BCUT2D eigenvalue weighted by molar-refractivity contribution is 1.06. The van der Waals surface area contributed by atoms with Gasteiger partial charge in [0.05, 0.1) is 0 Å². The standard InChI is InChI=1S/C6H9ClN2S2/c1-2-3-10-4-5-6(7)11-9-8-5/h2-4H2,1H3. The van der Waals surface area contributed by atoms with E-state index in [-0.39, 0.29) is 0 Å². The Morgan fingerprint density at radius 1 is 1.64 bits per heavy atom. The molecule has 1 rings (SSSR count). The third kappa shape index (κ3) is 2.97. The fourth-order valence-corrected chi connectivity index (χ4v) is 2.22. The molecular weight excluding hydrogens is 200 g/mol. The molecule has 0 amide bonds. The molecule has 0 spiro atoms. The fraction of sp³-hybridized carbons (Fsp3) is 0.667. The number of halogens is 1. The molecular formula is C6H9ClN2S2. The van der Waals surface area contributed by atoms with E-state index in [1.54, 1.807) is 0 Å². The topological polar surface area (TPSA) is 25.8 Å². The first-order valence-electron chi connectivity index (χ1n) is 3.39. The lowest BCUT2D eigenvalue weighted by Crippen LogP contribution is -1.83. The van der Waals surface area contributed by atoms with E-state index in [4.69, 9.17) is 11.6 Å². The van der Waals surface area contributed by atoms with Crippen LogP contribution in [0.2, 0.25) is 4.34 Å². The molecule has 0 fully saturated rings. The van der Waals surface area contributed by atoms with Crippen molar-refractivity contribution < 1.29 is 0 Å². The molecule has 62 valence electrons. The highest BCUT2D eigenvalue weighted by Gasteiger charge is 2.03. The highest BCUT2D eigenvalue weighted by molar-refractivity contribution is 7.98. The average Bonchev–Trinajstić information content (AvgIpc) is 2.37. The summed E-state index contributed by atoms with van der Waals surface area (Å²) in [6, 6.07) is 0. The lowest BCUT2D eigenvalue weighted by atomic mass is 10.6. The van der Waals surface area contributed by atoms with E-state index in [0.29, 0.717) is 0 Å². The second-order valence-electron chi connectivity index (χ2n) is 2.05. The van der Waals surface area contributed by atoms with Crippen LogP contribution in [0.25, 0.3) is 0 Å². The van der Waals surface area contributed by atoms with E-state index in [1.807, 2.05) is 11.8 Å². The van der Waals surface area contributed by atoms with Gasteiger partial charge in [0.1, 0.15) is 10.0 Å². The Bertz CT molecular complexity index is 214.